The molecule has 4 amide bonds. The van der Waals surface area contributed by atoms with Crippen molar-refractivity contribution in [2.75, 3.05) is 24.3 Å². The molecule has 306 valence electrons. The van der Waals surface area contributed by atoms with E-state index >= 15 is 0 Å². The fourth-order valence-electron chi connectivity index (χ4n) is 6.14. The van der Waals surface area contributed by atoms with Crippen molar-refractivity contribution in [1.29, 1.82) is 0 Å². The molecule has 0 aliphatic rings. The molecule has 0 heterocycles. The van der Waals surface area contributed by atoms with Crippen LogP contribution in [0.1, 0.15) is 170 Å². The van der Waals surface area contributed by atoms with Crippen molar-refractivity contribution in [3.63, 3.8) is 0 Å². The van der Waals surface area contributed by atoms with E-state index in [4.69, 9.17) is 9.47 Å². The van der Waals surface area contributed by atoms with Crippen LogP contribution in [0.4, 0.5) is 16.2 Å². The molecule has 1 atom stereocenters. The highest BCUT2D eigenvalue weighted by Crippen LogP contribution is 2.17. The van der Waals surface area contributed by atoms with Gasteiger partial charge < -0.3 is 30.7 Å². The molecule has 0 aromatic heterocycles. The lowest BCUT2D eigenvalue weighted by atomic mass is 10.0. The Kier molecular flexibility index (Phi) is 23.1. The highest BCUT2D eigenvalue weighted by Gasteiger charge is 2.22. The normalized spacial score (nSPS) is 11.7. The number of rotatable bonds is 27. The molecular formula is C44H68N4O7. The number of unbranched alkanes of at least 4 members (excludes halogenated alkanes) is 15. The number of methoxy groups -OCH3 is 1. The Morgan fingerprint density at radius 3 is 1.80 bits per heavy atom. The van der Waals surface area contributed by atoms with Crippen LogP contribution in [0.3, 0.4) is 0 Å². The molecule has 0 saturated carbocycles. The fraction of sp³-hybridized carbons (Fsp3) is 0.614. The summed E-state index contributed by atoms with van der Waals surface area (Å²) in [6.07, 6.45) is 20.4. The van der Waals surface area contributed by atoms with Gasteiger partial charge in [0, 0.05) is 29.9 Å². The van der Waals surface area contributed by atoms with Crippen LogP contribution in [0.25, 0.3) is 0 Å². The molecule has 0 unspecified atom stereocenters. The molecule has 2 aromatic rings. The number of alkyl carbamates (subject to hydrolysis) is 1. The third-order valence-electron chi connectivity index (χ3n) is 9.20. The molecule has 11 heteroatoms. The summed E-state index contributed by atoms with van der Waals surface area (Å²) in [6, 6.07) is 12.0. The summed E-state index contributed by atoms with van der Waals surface area (Å²) >= 11 is 0. The number of amides is 4. The van der Waals surface area contributed by atoms with E-state index in [1.807, 2.05) is 0 Å². The largest absolute Gasteiger partial charge is 0.465 e. The minimum Gasteiger partial charge on any atom is -0.465 e. The third-order valence-corrected chi connectivity index (χ3v) is 9.20. The molecule has 0 radical (unpaired) electrons. The van der Waals surface area contributed by atoms with Crippen LogP contribution in [0, 0.1) is 0 Å². The molecule has 55 heavy (non-hydrogen) atoms. The Labute approximate surface area is 329 Å². The zero-order valence-electron chi connectivity index (χ0n) is 34.2. The number of nitrogens with one attached hydrogen (secondary N) is 4. The molecule has 0 saturated heterocycles. The van der Waals surface area contributed by atoms with Gasteiger partial charge in [0.05, 0.1) is 12.7 Å². The van der Waals surface area contributed by atoms with E-state index in [0.717, 1.165) is 19.3 Å². The fourth-order valence-corrected chi connectivity index (χ4v) is 6.14. The first-order chi connectivity index (χ1) is 26.4. The van der Waals surface area contributed by atoms with E-state index in [1.54, 1.807) is 63.2 Å². The van der Waals surface area contributed by atoms with Gasteiger partial charge in [0.15, 0.2) is 0 Å². The SMILES string of the molecule is CCCCCCCCCCCCCCCCCC(=O)Nc1ccc(C(=O)N[C@@H](CCCCNC(=O)OC(C)(C)C)C(=O)Nc2cccc(C(=O)OC)c2)cc1. The lowest BCUT2D eigenvalue weighted by molar-refractivity contribution is -0.118. The highest BCUT2D eigenvalue weighted by atomic mass is 16.6. The van der Waals surface area contributed by atoms with Crippen molar-refractivity contribution in [1.82, 2.24) is 10.6 Å². The Hall–Kier alpha value is -4.41. The molecule has 2 aromatic carbocycles. The van der Waals surface area contributed by atoms with Crippen LogP contribution >= 0.6 is 0 Å². The summed E-state index contributed by atoms with van der Waals surface area (Å²) in [5.41, 5.74) is 0.967. The monoisotopic (exact) mass is 765 g/mol. The van der Waals surface area contributed by atoms with Crippen molar-refractivity contribution in [3.8, 4) is 0 Å². The van der Waals surface area contributed by atoms with Crippen molar-refractivity contribution in [2.45, 2.75) is 161 Å². The van der Waals surface area contributed by atoms with Gasteiger partial charge in [-0.3, -0.25) is 14.4 Å². The maximum Gasteiger partial charge on any atom is 0.407 e. The van der Waals surface area contributed by atoms with Gasteiger partial charge in [-0.2, -0.15) is 0 Å². The lowest BCUT2D eigenvalue weighted by Gasteiger charge is -2.20. The second-order valence-corrected chi connectivity index (χ2v) is 15.3. The van der Waals surface area contributed by atoms with Gasteiger partial charge in [0.1, 0.15) is 11.6 Å². The predicted molar refractivity (Wildman–Crippen MR) is 220 cm³/mol. The van der Waals surface area contributed by atoms with Crippen LogP contribution in [0.2, 0.25) is 0 Å². The Morgan fingerprint density at radius 2 is 1.24 bits per heavy atom. The summed E-state index contributed by atoms with van der Waals surface area (Å²) in [5.74, 6) is -1.51. The first kappa shape index (κ1) is 46.7. The zero-order valence-corrected chi connectivity index (χ0v) is 34.2. The van der Waals surface area contributed by atoms with Crippen LogP contribution in [-0.2, 0) is 19.1 Å². The number of benzene rings is 2. The summed E-state index contributed by atoms with van der Waals surface area (Å²) in [6.45, 7) is 7.95. The van der Waals surface area contributed by atoms with Gasteiger partial charge in [-0.05, 0) is 88.9 Å². The van der Waals surface area contributed by atoms with Gasteiger partial charge in [-0.25, -0.2) is 9.59 Å². The highest BCUT2D eigenvalue weighted by molar-refractivity contribution is 6.02. The molecule has 11 nitrogen and oxygen atoms in total. The van der Waals surface area contributed by atoms with E-state index in [-0.39, 0.29) is 17.9 Å². The number of ether oxygens (including phenoxy) is 2. The molecule has 0 spiro atoms. The van der Waals surface area contributed by atoms with Crippen molar-refractivity contribution in [3.05, 3.63) is 59.7 Å². The van der Waals surface area contributed by atoms with Crippen LogP contribution in [0.15, 0.2) is 48.5 Å². The van der Waals surface area contributed by atoms with Gasteiger partial charge in [-0.1, -0.05) is 103 Å². The van der Waals surface area contributed by atoms with Gasteiger partial charge >= 0.3 is 12.1 Å². The quantitative estimate of drug-likeness (QED) is 0.0522. The average molecular weight is 765 g/mol. The van der Waals surface area contributed by atoms with Crippen LogP contribution in [-0.4, -0.2) is 55.1 Å². The maximum absolute atomic E-state index is 13.4. The minimum atomic E-state index is -0.912. The molecule has 2 rings (SSSR count). The van der Waals surface area contributed by atoms with Crippen LogP contribution in [0.5, 0.6) is 0 Å². The second-order valence-electron chi connectivity index (χ2n) is 15.3. The Bertz CT molecular complexity index is 1440. The van der Waals surface area contributed by atoms with Gasteiger partial charge in [0.2, 0.25) is 11.8 Å². The number of hydrogen-bond donors (Lipinski definition) is 4. The van der Waals surface area contributed by atoms with E-state index in [2.05, 4.69) is 28.2 Å². The first-order valence-corrected chi connectivity index (χ1v) is 20.6. The minimum absolute atomic E-state index is 0.0546. The Morgan fingerprint density at radius 1 is 0.655 bits per heavy atom. The first-order valence-electron chi connectivity index (χ1n) is 20.6. The molecule has 0 aliphatic heterocycles. The standard InChI is InChI=1S/C44H68N4O7/c1-6-7-8-9-10-11-12-13-14-15-16-17-18-19-20-27-39(49)46-36-30-28-34(29-31-36)40(50)48-38(26-21-22-32-45-43(53)55-44(2,3)4)41(51)47-37-25-23-24-35(33-37)42(52)54-5/h23-25,28-31,33,38H,6-22,26-27,32H2,1-5H3,(H,45,53)(H,46,49)(H,47,51)(H,48,50)/t38-/m0/s1. The molecular weight excluding hydrogens is 697 g/mol. The summed E-state index contributed by atoms with van der Waals surface area (Å²) in [4.78, 5) is 63.3. The number of carbonyl (C=O) groups is 5. The molecule has 0 fully saturated rings. The van der Waals surface area contributed by atoms with E-state index in [9.17, 15) is 24.0 Å². The van der Waals surface area contributed by atoms with Crippen molar-refractivity contribution < 1.29 is 33.4 Å². The zero-order chi connectivity index (χ0) is 40.3. The van der Waals surface area contributed by atoms with Crippen molar-refractivity contribution in [2.24, 2.45) is 0 Å². The van der Waals surface area contributed by atoms with E-state index in [1.165, 1.54) is 90.2 Å². The molecule has 0 bridgehead atoms. The number of esters is 1. The summed E-state index contributed by atoms with van der Waals surface area (Å²) < 4.78 is 10.0. The van der Waals surface area contributed by atoms with Crippen LogP contribution < -0.4 is 21.3 Å². The van der Waals surface area contributed by atoms with E-state index < -0.39 is 35.5 Å². The Balaban J connectivity index is 1.79. The predicted octanol–water partition coefficient (Wildman–Crippen LogP) is 10.1. The number of anilines is 2. The smallest absolute Gasteiger partial charge is 0.407 e. The van der Waals surface area contributed by atoms with Gasteiger partial charge in [0.25, 0.3) is 5.91 Å². The second kappa shape index (κ2) is 27.2. The molecule has 4 N–H and O–H groups in total. The maximum atomic E-state index is 13.4. The topological polar surface area (TPSA) is 152 Å². The number of carbonyl (C=O) groups excluding carboxylic acids is 5. The lowest BCUT2D eigenvalue weighted by Crippen LogP contribution is -2.44. The average Bonchev–Trinajstić information content (AvgIpc) is 3.15. The van der Waals surface area contributed by atoms with Gasteiger partial charge in [-0.15, -0.1) is 0 Å². The van der Waals surface area contributed by atoms with E-state index in [0.29, 0.717) is 42.7 Å². The third kappa shape index (κ3) is 21.9. The summed E-state index contributed by atoms with van der Waals surface area (Å²) in [7, 11) is 1.28. The summed E-state index contributed by atoms with van der Waals surface area (Å²) in [5, 5.41) is 11.2. The molecule has 0 aliphatic carbocycles. The van der Waals surface area contributed by atoms with Crippen molar-refractivity contribution >= 4 is 41.2 Å². The number of hydrogen-bond acceptors (Lipinski definition) is 7.